The molecule has 100 valence electrons. The first kappa shape index (κ1) is 12.2. The molecule has 0 amide bonds. The van der Waals surface area contributed by atoms with Crippen LogP contribution in [-0.4, -0.2) is 22.4 Å². The van der Waals surface area contributed by atoms with Crippen molar-refractivity contribution in [3.8, 4) is 0 Å². The van der Waals surface area contributed by atoms with E-state index in [1.165, 1.54) is 50.0 Å². The van der Waals surface area contributed by atoms with Crippen molar-refractivity contribution in [2.45, 2.75) is 58.5 Å². The maximum Gasteiger partial charge on any atom is 0.0596 e. The molecule has 1 N–H and O–H groups in total. The minimum Gasteiger partial charge on any atom is -0.314 e. The van der Waals surface area contributed by atoms with Crippen molar-refractivity contribution in [3.63, 3.8) is 0 Å². The minimum absolute atomic E-state index is 0.856. The largest absolute Gasteiger partial charge is 0.314 e. The van der Waals surface area contributed by atoms with Gasteiger partial charge >= 0.3 is 0 Å². The molecule has 3 nitrogen and oxygen atoms in total. The molecular formula is C15H25N3. The van der Waals surface area contributed by atoms with Gasteiger partial charge < -0.3 is 5.32 Å². The van der Waals surface area contributed by atoms with Gasteiger partial charge in [0.05, 0.1) is 5.69 Å². The lowest BCUT2D eigenvalue weighted by Gasteiger charge is -2.37. The van der Waals surface area contributed by atoms with Crippen LogP contribution in [0.4, 0.5) is 0 Å². The Bertz CT molecular complexity index is 406. The van der Waals surface area contributed by atoms with Crippen molar-refractivity contribution >= 4 is 0 Å². The van der Waals surface area contributed by atoms with Crippen LogP contribution in [0, 0.1) is 18.8 Å². The first-order valence-corrected chi connectivity index (χ1v) is 7.53. The first-order chi connectivity index (χ1) is 8.76. The minimum atomic E-state index is 0.856. The molecule has 0 bridgehead atoms. The van der Waals surface area contributed by atoms with Crippen molar-refractivity contribution in [1.82, 2.24) is 15.1 Å². The second-order valence-corrected chi connectivity index (χ2v) is 6.08. The Morgan fingerprint density at radius 2 is 2.06 bits per heavy atom. The Hall–Kier alpha value is -0.830. The third-order valence-electron chi connectivity index (χ3n) is 4.58. The number of aromatic nitrogens is 2. The summed E-state index contributed by atoms with van der Waals surface area (Å²) in [5.41, 5.74) is 2.61. The van der Waals surface area contributed by atoms with Gasteiger partial charge in [0.2, 0.25) is 0 Å². The molecule has 2 atom stereocenters. The monoisotopic (exact) mass is 247 g/mol. The van der Waals surface area contributed by atoms with Crippen LogP contribution in [0.1, 0.15) is 44.0 Å². The van der Waals surface area contributed by atoms with Gasteiger partial charge in [0.15, 0.2) is 0 Å². The number of aryl methyl sites for hydroxylation is 2. The lowest BCUT2D eigenvalue weighted by atomic mass is 9.71. The molecule has 2 aliphatic rings. The topological polar surface area (TPSA) is 29.9 Å². The highest BCUT2D eigenvalue weighted by Crippen LogP contribution is 2.37. The molecule has 1 aromatic heterocycles. The fourth-order valence-electron chi connectivity index (χ4n) is 3.09. The van der Waals surface area contributed by atoms with Crippen molar-refractivity contribution in [2.24, 2.45) is 11.8 Å². The maximum absolute atomic E-state index is 4.55. The van der Waals surface area contributed by atoms with Gasteiger partial charge in [-0.2, -0.15) is 5.10 Å². The number of hydrogen-bond acceptors (Lipinski definition) is 2. The smallest absolute Gasteiger partial charge is 0.0596 e. The summed E-state index contributed by atoms with van der Waals surface area (Å²) in [6.45, 7) is 6.53. The van der Waals surface area contributed by atoms with Gasteiger partial charge in [-0.05, 0) is 70.4 Å². The van der Waals surface area contributed by atoms with E-state index in [1.54, 1.807) is 0 Å². The van der Waals surface area contributed by atoms with Crippen LogP contribution in [0.2, 0.25) is 0 Å². The molecule has 1 aromatic rings. The summed E-state index contributed by atoms with van der Waals surface area (Å²) in [6.07, 6.45) is 6.86. The predicted octanol–water partition coefficient (Wildman–Crippen LogP) is 2.53. The van der Waals surface area contributed by atoms with Crippen molar-refractivity contribution < 1.29 is 0 Å². The SMILES string of the molecule is CCn1nc(C)cc1CC1CCC1CNC1CC1. The first-order valence-electron chi connectivity index (χ1n) is 7.53. The Labute approximate surface area is 110 Å². The molecule has 3 rings (SSSR count). The maximum atomic E-state index is 4.55. The molecule has 2 unspecified atom stereocenters. The van der Waals surface area contributed by atoms with Crippen LogP contribution < -0.4 is 5.32 Å². The zero-order valence-corrected chi connectivity index (χ0v) is 11.7. The molecule has 18 heavy (non-hydrogen) atoms. The second kappa shape index (κ2) is 5.04. The Kier molecular flexibility index (Phi) is 3.42. The van der Waals surface area contributed by atoms with Gasteiger partial charge in [-0.25, -0.2) is 0 Å². The van der Waals surface area contributed by atoms with E-state index >= 15 is 0 Å². The number of rotatable bonds is 6. The molecule has 0 aromatic carbocycles. The van der Waals surface area contributed by atoms with E-state index in [4.69, 9.17) is 0 Å². The van der Waals surface area contributed by atoms with Gasteiger partial charge in [0, 0.05) is 18.3 Å². The van der Waals surface area contributed by atoms with Crippen LogP contribution >= 0.6 is 0 Å². The van der Waals surface area contributed by atoms with Crippen LogP contribution in [0.5, 0.6) is 0 Å². The molecule has 0 aliphatic heterocycles. The van der Waals surface area contributed by atoms with E-state index in [1.807, 2.05) is 0 Å². The van der Waals surface area contributed by atoms with E-state index in [-0.39, 0.29) is 0 Å². The van der Waals surface area contributed by atoms with Gasteiger partial charge in [0.25, 0.3) is 0 Å². The average Bonchev–Trinajstić information content (AvgIpc) is 3.08. The van der Waals surface area contributed by atoms with E-state index < -0.39 is 0 Å². The zero-order chi connectivity index (χ0) is 12.5. The van der Waals surface area contributed by atoms with Crippen LogP contribution in [-0.2, 0) is 13.0 Å². The summed E-state index contributed by atoms with van der Waals surface area (Å²) in [7, 11) is 0. The third-order valence-corrected chi connectivity index (χ3v) is 4.58. The van der Waals surface area contributed by atoms with Crippen molar-refractivity contribution in [2.75, 3.05) is 6.54 Å². The summed E-state index contributed by atoms with van der Waals surface area (Å²) in [4.78, 5) is 0. The molecule has 2 saturated carbocycles. The van der Waals surface area contributed by atoms with E-state index in [2.05, 4.69) is 35.0 Å². The fourth-order valence-corrected chi connectivity index (χ4v) is 3.09. The summed E-state index contributed by atoms with van der Waals surface area (Å²) >= 11 is 0. The number of hydrogen-bond donors (Lipinski definition) is 1. The second-order valence-electron chi connectivity index (χ2n) is 6.08. The Morgan fingerprint density at radius 3 is 2.67 bits per heavy atom. The molecule has 3 heteroatoms. The lowest BCUT2D eigenvalue weighted by Crippen LogP contribution is -2.37. The highest BCUT2D eigenvalue weighted by atomic mass is 15.3. The normalized spacial score (nSPS) is 27.2. The highest BCUT2D eigenvalue weighted by molar-refractivity contribution is 5.11. The van der Waals surface area contributed by atoms with Gasteiger partial charge in [-0.1, -0.05) is 0 Å². The third kappa shape index (κ3) is 2.61. The molecule has 0 spiro atoms. The van der Waals surface area contributed by atoms with Gasteiger partial charge in [-0.3, -0.25) is 4.68 Å². The van der Waals surface area contributed by atoms with E-state index in [0.29, 0.717) is 0 Å². The highest BCUT2D eigenvalue weighted by Gasteiger charge is 2.33. The average molecular weight is 247 g/mol. The molecule has 0 radical (unpaired) electrons. The lowest BCUT2D eigenvalue weighted by molar-refractivity contribution is 0.167. The number of nitrogens with zero attached hydrogens (tertiary/aromatic N) is 2. The summed E-state index contributed by atoms with van der Waals surface area (Å²) in [5, 5.41) is 8.24. The molecule has 0 saturated heterocycles. The van der Waals surface area contributed by atoms with E-state index in [0.717, 1.165) is 24.4 Å². The summed E-state index contributed by atoms with van der Waals surface area (Å²) in [6, 6.07) is 3.13. The van der Waals surface area contributed by atoms with Crippen LogP contribution in [0.3, 0.4) is 0 Å². The molecular weight excluding hydrogens is 222 g/mol. The summed E-state index contributed by atoms with van der Waals surface area (Å²) < 4.78 is 2.18. The standard InChI is InChI=1S/C15H25N3/c1-3-18-15(8-11(2)17-18)9-12-4-5-13(12)10-16-14-6-7-14/h8,12-14,16H,3-7,9-10H2,1-2H3. The zero-order valence-electron chi connectivity index (χ0n) is 11.7. The molecule has 2 aliphatic carbocycles. The summed E-state index contributed by atoms with van der Waals surface area (Å²) in [5.74, 6) is 1.80. The fraction of sp³-hybridized carbons (Fsp3) is 0.800. The van der Waals surface area contributed by atoms with Crippen LogP contribution in [0.25, 0.3) is 0 Å². The Balaban J connectivity index is 1.54. The van der Waals surface area contributed by atoms with Crippen LogP contribution in [0.15, 0.2) is 6.07 Å². The van der Waals surface area contributed by atoms with Gasteiger partial charge in [-0.15, -0.1) is 0 Å². The molecule has 1 heterocycles. The van der Waals surface area contributed by atoms with Gasteiger partial charge in [0.1, 0.15) is 0 Å². The quantitative estimate of drug-likeness (QED) is 0.837. The Morgan fingerprint density at radius 1 is 1.28 bits per heavy atom. The predicted molar refractivity (Wildman–Crippen MR) is 73.6 cm³/mol. The van der Waals surface area contributed by atoms with E-state index in [9.17, 15) is 0 Å². The molecule has 2 fully saturated rings. The van der Waals surface area contributed by atoms with Crippen molar-refractivity contribution in [1.29, 1.82) is 0 Å². The number of nitrogens with one attached hydrogen (secondary N) is 1. The van der Waals surface area contributed by atoms with Crippen molar-refractivity contribution in [3.05, 3.63) is 17.5 Å².